The summed E-state index contributed by atoms with van der Waals surface area (Å²) in [6.45, 7) is 1.49. The number of amides is 2. The van der Waals surface area contributed by atoms with Crippen LogP contribution in [0.2, 0.25) is 0 Å². The Bertz CT molecular complexity index is 344. The second-order valence-electron chi connectivity index (χ2n) is 4.34. The zero-order valence-corrected chi connectivity index (χ0v) is 10.4. The SMILES string of the molecule is COC(=O)C(C)NC(=O)NC1CCCC1C(=O)O. The number of carboxylic acid groups (broad SMARTS) is 1. The Kier molecular flexibility index (Phi) is 4.94. The summed E-state index contributed by atoms with van der Waals surface area (Å²) in [5, 5.41) is 13.9. The molecule has 3 atom stereocenters. The molecule has 0 spiro atoms. The van der Waals surface area contributed by atoms with Gasteiger partial charge in [-0.05, 0) is 19.8 Å². The van der Waals surface area contributed by atoms with Crippen molar-refractivity contribution in [2.24, 2.45) is 5.92 Å². The molecule has 7 nitrogen and oxygen atoms in total. The van der Waals surface area contributed by atoms with E-state index in [1.54, 1.807) is 0 Å². The molecule has 1 aliphatic carbocycles. The van der Waals surface area contributed by atoms with Crippen molar-refractivity contribution in [3.8, 4) is 0 Å². The van der Waals surface area contributed by atoms with Crippen LogP contribution in [0.4, 0.5) is 4.79 Å². The third-order valence-electron chi connectivity index (χ3n) is 3.05. The minimum Gasteiger partial charge on any atom is -0.481 e. The number of rotatable bonds is 4. The largest absolute Gasteiger partial charge is 0.481 e. The lowest BCUT2D eigenvalue weighted by Gasteiger charge is -2.19. The summed E-state index contributed by atoms with van der Waals surface area (Å²) in [4.78, 5) is 33.6. The first kappa shape index (κ1) is 14.3. The maximum absolute atomic E-state index is 11.6. The molecule has 1 saturated carbocycles. The lowest BCUT2D eigenvalue weighted by atomic mass is 10.0. The summed E-state index contributed by atoms with van der Waals surface area (Å²) < 4.78 is 4.47. The Hall–Kier alpha value is -1.79. The maximum Gasteiger partial charge on any atom is 0.328 e. The van der Waals surface area contributed by atoms with Gasteiger partial charge in [0.05, 0.1) is 13.0 Å². The molecule has 7 heteroatoms. The topological polar surface area (TPSA) is 105 Å². The molecule has 2 amide bonds. The predicted octanol–water partition coefficient (Wildman–Crippen LogP) is 0.100. The van der Waals surface area contributed by atoms with E-state index in [2.05, 4.69) is 15.4 Å². The number of ether oxygens (including phenoxy) is 1. The third kappa shape index (κ3) is 3.61. The molecule has 0 heterocycles. The van der Waals surface area contributed by atoms with Crippen molar-refractivity contribution in [3.63, 3.8) is 0 Å². The van der Waals surface area contributed by atoms with Gasteiger partial charge < -0.3 is 20.5 Å². The van der Waals surface area contributed by atoms with Crippen LogP contribution in [0.5, 0.6) is 0 Å². The summed E-state index contributed by atoms with van der Waals surface area (Å²) >= 11 is 0. The molecular weight excluding hydrogens is 240 g/mol. The number of carbonyl (C=O) groups is 3. The maximum atomic E-state index is 11.6. The molecule has 18 heavy (non-hydrogen) atoms. The second-order valence-corrected chi connectivity index (χ2v) is 4.34. The molecule has 0 aliphatic heterocycles. The van der Waals surface area contributed by atoms with Crippen molar-refractivity contribution in [2.75, 3.05) is 7.11 Å². The molecule has 1 aliphatic rings. The lowest BCUT2D eigenvalue weighted by molar-refractivity contribution is -0.143. The van der Waals surface area contributed by atoms with Gasteiger partial charge in [0, 0.05) is 6.04 Å². The zero-order chi connectivity index (χ0) is 13.7. The molecule has 0 saturated heterocycles. The lowest BCUT2D eigenvalue weighted by Crippen LogP contribution is -2.49. The second kappa shape index (κ2) is 6.23. The predicted molar refractivity (Wildman–Crippen MR) is 61.9 cm³/mol. The van der Waals surface area contributed by atoms with Crippen molar-refractivity contribution in [2.45, 2.75) is 38.3 Å². The number of aliphatic carboxylic acids is 1. The smallest absolute Gasteiger partial charge is 0.328 e. The highest BCUT2D eigenvalue weighted by molar-refractivity contribution is 5.83. The molecule has 3 unspecified atom stereocenters. The van der Waals surface area contributed by atoms with Crippen LogP contribution in [0.25, 0.3) is 0 Å². The highest BCUT2D eigenvalue weighted by atomic mass is 16.5. The quantitative estimate of drug-likeness (QED) is 0.620. The van der Waals surface area contributed by atoms with Crippen molar-refractivity contribution in [3.05, 3.63) is 0 Å². The number of hydrogen-bond donors (Lipinski definition) is 3. The molecule has 0 radical (unpaired) electrons. The van der Waals surface area contributed by atoms with E-state index in [1.165, 1.54) is 14.0 Å². The highest BCUT2D eigenvalue weighted by Gasteiger charge is 2.34. The molecule has 0 aromatic rings. The van der Waals surface area contributed by atoms with Crippen molar-refractivity contribution < 1.29 is 24.2 Å². The van der Waals surface area contributed by atoms with Crippen molar-refractivity contribution >= 4 is 18.0 Å². The third-order valence-corrected chi connectivity index (χ3v) is 3.05. The minimum absolute atomic E-state index is 0.382. The first-order valence-electron chi connectivity index (χ1n) is 5.83. The molecule has 1 rings (SSSR count). The van der Waals surface area contributed by atoms with Gasteiger partial charge in [-0.15, -0.1) is 0 Å². The molecule has 1 fully saturated rings. The Morgan fingerprint density at radius 1 is 1.33 bits per heavy atom. The van der Waals surface area contributed by atoms with Crippen molar-refractivity contribution in [1.82, 2.24) is 10.6 Å². The zero-order valence-electron chi connectivity index (χ0n) is 10.4. The molecule has 0 aromatic heterocycles. The summed E-state index contributed by atoms with van der Waals surface area (Å²) in [5.74, 6) is -2.01. The fourth-order valence-electron chi connectivity index (χ4n) is 2.07. The van der Waals surface area contributed by atoms with Crippen LogP contribution < -0.4 is 10.6 Å². The van der Waals surface area contributed by atoms with Gasteiger partial charge in [-0.3, -0.25) is 4.79 Å². The number of esters is 1. The number of hydrogen-bond acceptors (Lipinski definition) is 4. The van der Waals surface area contributed by atoms with E-state index in [0.29, 0.717) is 12.8 Å². The van der Waals surface area contributed by atoms with Gasteiger partial charge in [0.25, 0.3) is 0 Å². The Morgan fingerprint density at radius 2 is 2.00 bits per heavy atom. The van der Waals surface area contributed by atoms with Crippen LogP contribution >= 0.6 is 0 Å². The normalized spacial score (nSPS) is 24.1. The monoisotopic (exact) mass is 258 g/mol. The molecule has 102 valence electrons. The Morgan fingerprint density at radius 3 is 2.56 bits per heavy atom. The van der Waals surface area contributed by atoms with E-state index in [1.807, 2.05) is 0 Å². The first-order chi connectivity index (χ1) is 8.45. The van der Waals surface area contributed by atoms with Crippen LogP contribution in [0.15, 0.2) is 0 Å². The van der Waals surface area contributed by atoms with E-state index < -0.39 is 29.9 Å². The van der Waals surface area contributed by atoms with Gasteiger partial charge in [-0.1, -0.05) is 6.42 Å². The fourth-order valence-corrected chi connectivity index (χ4v) is 2.07. The van der Waals surface area contributed by atoms with Gasteiger partial charge in [0.15, 0.2) is 0 Å². The Labute approximate surface area is 105 Å². The highest BCUT2D eigenvalue weighted by Crippen LogP contribution is 2.25. The van der Waals surface area contributed by atoms with Crippen LogP contribution in [-0.4, -0.2) is 42.3 Å². The first-order valence-corrected chi connectivity index (χ1v) is 5.83. The van der Waals surface area contributed by atoms with Gasteiger partial charge in [0.2, 0.25) is 0 Å². The van der Waals surface area contributed by atoms with Gasteiger partial charge in [0.1, 0.15) is 6.04 Å². The van der Waals surface area contributed by atoms with Crippen molar-refractivity contribution in [1.29, 1.82) is 0 Å². The van der Waals surface area contributed by atoms with Gasteiger partial charge in [-0.2, -0.15) is 0 Å². The van der Waals surface area contributed by atoms with Crippen LogP contribution in [0.3, 0.4) is 0 Å². The summed E-state index contributed by atoms with van der Waals surface area (Å²) in [5.41, 5.74) is 0. The van der Waals surface area contributed by atoms with E-state index in [4.69, 9.17) is 5.11 Å². The van der Waals surface area contributed by atoms with E-state index in [9.17, 15) is 14.4 Å². The average molecular weight is 258 g/mol. The van der Waals surface area contributed by atoms with Gasteiger partial charge >= 0.3 is 18.0 Å². The van der Waals surface area contributed by atoms with E-state index >= 15 is 0 Å². The molecule has 0 bridgehead atoms. The number of urea groups is 1. The summed E-state index contributed by atoms with van der Waals surface area (Å²) in [6, 6.07) is -1.70. The molecule has 0 aromatic carbocycles. The molecular formula is C11H18N2O5. The summed E-state index contributed by atoms with van der Waals surface area (Å²) in [7, 11) is 1.23. The molecule has 3 N–H and O–H groups in total. The number of methoxy groups -OCH3 is 1. The minimum atomic E-state index is -0.904. The standard InChI is InChI=1S/C11H18N2O5/c1-6(10(16)18-2)12-11(17)13-8-5-3-4-7(8)9(14)15/h6-8H,3-5H2,1-2H3,(H,14,15)(H2,12,13,17). The fraction of sp³-hybridized carbons (Fsp3) is 0.727. The van der Waals surface area contributed by atoms with Crippen LogP contribution in [0, 0.1) is 5.92 Å². The number of carbonyl (C=O) groups excluding carboxylic acids is 2. The van der Waals surface area contributed by atoms with Crippen LogP contribution in [0.1, 0.15) is 26.2 Å². The Balaban J connectivity index is 2.45. The number of carboxylic acids is 1. The van der Waals surface area contributed by atoms with Crippen LogP contribution in [-0.2, 0) is 14.3 Å². The summed E-state index contributed by atoms with van der Waals surface area (Å²) in [6.07, 6.45) is 1.97. The van der Waals surface area contributed by atoms with E-state index in [-0.39, 0.29) is 6.04 Å². The van der Waals surface area contributed by atoms with E-state index in [0.717, 1.165) is 6.42 Å². The average Bonchev–Trinajstić information content (AvgIpc) is 2.75. The van der Waals surface area contributed by atoms with Gasteiger partial charge in [-0.25, -0.2) is 9.59 Å². The number of nitrogens with one attached hydrogen (secondary N) is 2.